The van der Waals surface area contributed by atoms with Gasteiger partial charge in [-0.05, 0) is 18.9 Å². The summed E-state index contributed by atoms with van der Waals surface area (Å²) in [6.45, 7) is 2.08. The molecule has 0 bridgehead atoms. The van der Waals surface area contributed by atoms with Crippen LogP contribution >= 0.6 is 0 Å². The molecule has 0 amide bonds. The van der Waals surface area contributed by atoms with Gasteiger partial charge in [0.25, 0.3) is 0 Å². The summed E-state index contributed by atoms with van der Waals surface area (Å²) in [6.07, 6.45) is 3.39. The van der Waals surface area contributed by atoms with Crippen molar-refractivity contribution in [2.45, 2.75) is 38.7 Å². The van der Waals surface area contributed by atoms with Crippen molar-refractivity contribution in [3.63, 3.8) is 0 Å². The number of allylic oxidation sites excluding steroid dienone is 1. The third kappa shape index (κ3) is 1.88. The third-order valence-corrected chi connectivity index (χ3v) is 3.57. The van der Waals surface area contributed by atoms with Crippen molar-refractivity contribution in [1.29, 1.82) is 0 Å². The van der Waals surface area contributed by atoms with Crippen LogP contribution < -0.4 is 0 Å². The fourth-order valence-corrected chi connectivity index (χ4v) is 2.68. The van der Waals surface area contributed by atoms with Crippen molar-refractivity contribution in [3.8, 4) is 0 Å². The lowest BCUT2D eigenvalue weighted by Crippen LogP contribution is -2.07. The third-order valence-electron chi connectivity index (χ3n) is 3.57. The number of Topliss-reactive ketones (excluding diaryl/α,β-unsaturated/α-hetero) is 1. The molecule has 1 aliphatic heterocycles. The molecule has 0 saturated heterocycles. The van der Waals surface area contributed by atoms with E-state index in [1.807, 2.05) is 6.07 Å². The molecule has 2 aliphatic rings. The molecular weight excluding hydrogens is 212 g/mol. The number of benzene rings is 1. The first-order valence-electron chi connectivity index (χ1n) is 6.22. The maximum absolute atomic E-state index is 11.8. The van der Waals surface area contributed by atoms with Crippen LogP contribution in [0, 0.1) is 6.92 Å². The number of ether oxygens (including phenoxy) is 1. The smallest absolute Gasteiger partial charge is 0.162 e. The molecule has 0 radical (unpaired) electrons. The van der Waals surface area contributed by atoms with E-state index in [0.717, 1.165) is 30.6 Å². The first-order valence-corrected chi connectivity index (χ1v) is 6.22. The number of hydrogen-bond acceptors (Lipinski definition) is 2. The van der Waals surface area contributed by atoms with Gasteiger partial charge in [0.1, 0.15) is 11.9 Å². The normalized spacial score (nSPS) is 23.6. The zero-order valence-corrected chi connectivity index (χ0v) is 10.0. The van der Waals surface area contributed by atoms with Crippen molar-refractivity contribution in [3.05, 3.63) is 46.7 Å². The Hall–Kier alpha value is -1.57. The molecule has 1 aromatic carbocycles. The fourth-order valence-electron chi connectivity index (χ4n) is 2.68. The molecule has 1 heterocycles. The zero-order chi connectivity index (χ0) is 11.8. The van der Waals surface area contributed by atoms with Gasteiger partial charge < -0.3 is 4.74 Å². The van der Waals surface area contributed by atoms with Gasteiger partial charge in [0.2, 0.25) is 0 Å². The Morgan fingerprint density at radius 3 is 2.94 bits per heavy atom. The molecule has 1 unspecified atom stereocenters. The minimum atomic E-state index is 0.0574. The summed E-state index contributed by atoms with van der Waals surface area (Å²) in [5.41, 5.74) is 3.37. The van der Waals surface area contributed by atoms with Crippen molar-refractivity contribution >= 4 is 5.78 Å². The van der Waals surface area contributed by atoms with Crippen LogP contribution in [0.5, 0.6) is 0 Å². The van der Waals surface area contributed by atoms with E-state index >= 15 is 0 Å². The summed E-state index contributed by atoms with van der Waals surface area (Å²) in [6, 6.07) is 8.36. The van der Waals surface area contributed by atoms with E-state index < -0.39 is 0 Å². The van der Waals surface area contributed by atoms with Gasteiger partial charge in [-0.25, -0.2) is 0 Å². The van der Waals surface area contributed by atoms with Gasteiger partial charge in [-0.1, -0.05) is 29.8 Å². The highest BCUT2D eigenvalue weighted by Crippen LogP contribution is 2.41. The van der Waals surface area contributed by atoms with Crippen LogP contribution in [0.2, 0.25) is 0 Å². The Labute approximate surface area is 101 Å². The molecule has 3 rings (SSSR count). The lowest BCUT2D eigenvalue weighted by molar-refractivity contribution is -0.116. The van der Waals surface area contributed by atoms with Crippen LogP contribution in [0.1, 0.15) is 42.9 Å². The minimum Gasteiger partial charge on any atom is -0.489 e. The monoisotopic (exact) mass is 228 g/mol. The molecule has 1 aromatic rings. The summed E-state index contributed by atoms with van der Waals surface area (Å²) in [5, 5.41) is 0. The van der Waals surface area contributed by atoms with Crippen LogP contribution in [-0.4, -0.2) is 5.78 Å². The minimum absolute atomic E-state index is 0.0574. The average Bonchev–Trinajstić information content (AvgIpc) is 2.74. The molecule has 2 heteroatoms. The van der Waals surface area contributed by atoms with Gasteiger partial charge in [0.05, 0.1) is 0 Å². The molecule has 17 heavy (non-hydrogen) atoms. The molecule has 0 aromatic heterocycles. The Morgan fingerprint density at radius 1 is 1.29 bits per heavy atom. The second-order valence-electron chi connectivity index (χ2n) is 4.90. The summed E-state index contributed by atoms with van der Waals surface area (Å²) in [5.74, 6) is 1.24. The fraction of sp³-hybridized carbons (Fsp3) is 0.400. The first-order chi connectivity index (χ1) is 8.24. The van der Waals surface area contributed by atoms with Crippen molar-refractivity contribution in [2.75, 3.05) is 0 Å². The van der Waals surface area contributed by atoms with E-state index in [4.69, 9.17) is 4.74 Å². The molecule has 2 nitrogen and oxygen atoms in total. The van der Waals surface area contributed by atoms with Crippen molar-refractivity contribution in [1.82, 2.24) is 0 Å². The molecule has 0 N–H and O–H groups in total. The number of ketones is 1. The molecule has 88 valence electrons. The largest absolute Gasteiger partial charge is 0.489 e. The summed E-state index contributed by atoms with van der Waals surface area (Å²) >= 11 is 0. The molecule has 0 fully saturated rings. The first kappa shape index (κ1) is 10.6. The maximum atomic E-state index is 11.8. The van der Waals surface area contributed by atoms with Gasteiger partial charge in [-0.2, -0.15) is 0 Å². The van der Waals surface area contributed by atoms with Crippen molar-refractivity contribution < 1.29 is 9.53 Å². The van der Waals surface area contributed by atoms with E-state index in [0.29, 0.717) is 12.2 Å². The predicted molar refractivity (Wildman–Crippen MR) is 65.5 cm³/mol. The SMILES string of the molecule is Cc1cccc(C2CC3=C(CCCC3=O)O2)c1. The molecule has 0 spiro atoms. The van der Waals surface area contributed by atoms with Gasteiger partial charge in [0.15, 0.2) is 5.78 Å². The van der Waals surface area contributed by atoms with Crippen LogP contribution in [0.25, 0.3) is 0 Å². The average molecular weight is 228 g/mol. The topological polar surface area (TPSA) is 26.3 Å². The standard InChI is InChI=1S/C15H16O2/c1-10-4-2-5-11(8-10)15-9-12-13(16)6-3-7-14(12)17-15/h2,4-5,8,15H,3,6-7,9H2,1H3. The number of carbonyl (C=O) groups is 1. The Balaban J connectivity index is 1.85. The van der Waals surface area contributed by atoms with Gasteiger partial charge >= 0.3 is 0 Å². The van der Waals surface area contributed by atoms with Crippen LogP contribution in [0.4, 0.5) is 0 Å². The summed E-state index contributed by atoms with van der Waals surface area (Å²) in [7, 11) is 0. The van der Waals surface area contributed by atoms with Crippen LogP contribution in [-0.2, 0) is 9.53 Å². The summed E-state index contributed by atoms with van der Waals surface area (Å²) in [4.78, 5) is 11.8. The van der Waals surface area contributed by atoms with Gasteiger partial charge in [-0.15, -0.1) is 0 Å². The van der Waals surface area contributed by atoms with E-state index in [2.05, 4.69) is 25.1 Å². The molecule has 1 aliphatic carbocycles. The second kappa shape index (κ2) is 4.02. The Kier molecular flexibility index (Phi) is 2.50. The number of carbonyl (C=O) groups excluding carboxylic acids is 1. The molecule has 0 saturated carbocycles. The molecule has 1 atom stereocenters. The lowest BCUT2D eigenvalue weighted by atomic mass is 9.93. The van der Waals surface area contributed by atoms with E-state index in [1.165, 1.54) is 11.1 Å². The number of rotatable bonds is 1. The van der Waals surface area contributed by atoms with Gasteiger partial charge in [-0.3, -0.25) is 4.79 Å². The lowest BCUT2D eigenvalue weighted by Gasteiger charge is -2.14. The van der Waals surface area contributed by atoms with Crippen molar-refractivity contribution in [2.24, 2.45) is 0 Å². The van der Waals surface area contributed by atoms with E-state index in [9.17, 15) is 4.79 Å². The predicted octanol–water partition coefficient (Wildman–Crippen LogP) is 3.46. The highest BCUT2D eigenvalue weighted by Gasteiger charge is 2.32. The Morgan fingerprint density at radius 2 is 2.18 bits per heavy atom. The zero-order valence-electron chi connectivity index (χ0n) is 10.0. The maximum Gasteiger partial charge on any atom is 0.162 e. The number of aryl methyl sites for hydroxylation is 1. The Bertz CT molecular complexity index is 499. The highest BCUT2D eigenvalue weighted by atomic mass is 16.5. The van der Waals surface area contributed by atoms with E-state index in [-0.39, 0.29) is 6.10 Å². The summed E-state index contributed by atoms with van der Waals surface area (Å²) < 4.78 is 5.94. The highest BCUT2D eigenvalue weighted by molar-refractivity contribution is 5.97. The number of hydrogen-bond donors (Lipinski definition) is 0. The quantitative estimate of drug-likeness (QED) is 0.735. The van der Waals surface area contributed by atoms with Crippen LogP contribution in [0.15, 0.2) is 35.6 Å². The van der Waals surface area contributed by atoms with Crippen LogP contribution in [0.3, 0.4) is 0 Å². The molecular formula is C15H16O2. The van der Waals surface area contributed by atoms with Gasteiger partial charge in [0, 0.05) is 24.8 Å². The van der Waals surface area contributed by atoms with E-state index in [1.54, 1.807) is 0 Å². The second-order valence-corrected chi connectivity index (χ2v) is 4.90.